The molecule has 0 aliphatic heterocycles. The van der Waals surface area contributed by atoms with Crippen LogP contribution >= 0.6 is 22.9 Å². The number of carbonyl (C=O) groups is 2. The number of hydrogen-bond donors (Lipinski definition) is 2. The second kappa shape index (κ2) is 8.32. The van der Waals surface area contributed by atoms with Gasteiger partial charge in [-0.1, -0.05) is 11.6 Å². The number of allylic oxidation sites excluding steroid dienone is 1. The monoisotopic (exact) mass is 404 g/mol. The van der Waals surface area contributed by atoms with Gasteiger partial charge >= 0.3 is 5.97 Å². The van der Waals surface area contributed by atoms with Crippen molar-refractivity contribution in [2.75, 3.05) is 12.3 Å². The van der Waals surface area contributed by atoms with Crippen LogP contribution in [-0.2, 0) is 11.2 Å². The Morgan fingerprint density at radius 1 is 1.41 bits per heavy atom. The number of nitrogen functional groups attached to an aromatic ring is 1. The SMILES string of the molecule is CCOC(=O)c1c(N)sc2c1CCC(/C=N\NC(=O)c1ccncc1)=C2Cl. The molecule has 0 aromatic carbocycles. The molecule has 140 valence electrons. The number of nitrogens with two attached hydrogens (primary N) is 1. The number of nitrogens with zero attached hydrogens (tertiary/aromatic N) is 2. The predicted molar refractivity (Wildman–Crippen MR) is 106 cm³/mol. The molecule has 0 bridgehead atoms. The van der Waals surface area contributed by atoms with Crippen LogP contribution in [0.1, 0.15) is 44.5 Å². The van der Waals surface area contributed by atoms with Gasteiger partial charge in [0, 0.05) is 18.0 Å². The molecule has 1 amide bonds. The van der Waals surface area contributed by atoms with Gasteiger partial charge in [0.2, 0.25) is 0 Å². The van der Waals surface area contributed by atoms with Crippen LogP contribution in [0.2, 0.25) is 0 Å². The lowest BCUT2D eigenvalue weighted by atomic mass is 9.95. The Morgan fingerprint density at radius 2 is 2.15 bits per heavy atom. The molecule has 0 saturated carbocycles. The molecule has 0 atom stereocenters. The van der Waals surface area contributed by atoms with Gasteiger partial charge in [0.15, 0.2) is 0 Å². The van der Waals surface area contributed by atoms with E-state index in [-0.39, 0.29) is 12.5 Å². The summed E-state index contributed by atoms with van der Waals surface area (Å²) in [5, 5.41) is 4.85. The number of pyridine rings is 1. The minimum absolute atomic E-state index is 0.279. The first-order valence-corrected chi connectivity index (χ1v) is 9.43. The molecule has 0 unspecified atom stereocenters. The van der Waals surface area contributed by atoms with Crippen molar-refractivity contribution < 1.29 is 14.3 Å². The van der Waals surface area contributed by atoms with E-state index in [0.717, 1.165) is 16.0 Å². The van der Waals surface area contributed by atoms with Gasteiger partial charge in [-0.25, -0.2) is 10.2 Å². The van der Waals surface area contributed by atoms with Gasteiger partial charge in [0.25, 0.3) is 5.91 Å². The highest BCUT2D eigenvalue weighted by Crippen LogP contribution is 2.43. The smallest absolute Gasteiger partial charge is 0.341 e. The van der Waals surface area contributed by atoms with E-state index in [2.05, 4.69) is 15.5 Å². The first-order valence-electron chi connectivity index (χ1n) is 8.23. The highest BCUT2D eigenvalue weighted by atomic mass is 35.5. The third kappa shape index (κ3) is 4.01. The first-order chi connectivity index (χ1) is 13.0. The minimum atomic E-state index is -0.432. The van der Waals surface area contributed by atoms with E-state index in [4.69, 9.17) is 22.1 Å². The highest BCUT2D eigenvalue weighted by Gasteiger charge is 2.28. The Kier molecular flexibility index (Phi) is 5.88. The van der Waals surface area contributed by atoms with Crippen molar-refractivity contribution in [3.8, 4) is 0 Å². The summed E-state index contributed by atoms with van der Waals surface area (Å²) in [7, 11) is 0. The number of aromatic nitrogens is 1. The Balaban J connectivity index is 1.79. The van der Waals surface area contributed by atoms with E-state index in [0.29, 0.717) is 34.0 Å². The molecule has 1 aliphatic carbocycles. The quantitative estimate of drug-likeness (QED) is 0.452. The first kappa shape index (κ1) is 19.1. The van der Waals surface area contributed by atoms with Crippen molar-refractivity contribution in [2.24, 2.45) is 5.10 Å². The summed E-state index contributed by atoms with van der Waals surface area (Å²) in [5.41, 5.74) is 10.9. The van der Waals surface area contributed by atoms with Gasteiger partial charge in [-0.2, -0.15) is 5.10 Å². The van der Waals surface area contributed by atoms with Crippen LogP contribution < -0.4 is 11.2 Å². The van der Waals surface area contributed by atoms with Crippen molar-refractivity contribution in [1.82, 2.24) is 10.4 Å². The van der Waals surface area contributed by atoms with Gasteiger partial charge in [-0.3, -0.25) is 9.78 Å². The maximum Gasteiger partial charge on any atom is 0.341 e. The molecule has 2 aromatic rings. The lowest BCUT2D eigenvalue weighted by Gasteiger charge is -2.14. The van der Waals surface area contributed by atoms with E-state index in [1.165, 1.54) is 29.9 Å². The number of ether oxygens (including phenoxy) is 1. The lowest BCUT2D eigenvalue weighted by molar-refractivity contribution is 0.0526. The van der Waals surface area contributed by atoms with Crippen molar-refractivity contribution in [3.63, 3.8) is 0 Å². The summed E-state index contributed by atoms with van der Waals surface area (Å²) in [5.74, 6) is -0.773. The molecule has 7 nitrogen and oxygen atoms in total. The number of anilines is 1. The van der Waals surface area contributed by atoms with Gasteiger partial charge in [-0.05, 0) is 43.0 Å². The molecule has 0 spiro atoms. The number of nitrogens with one attached hydrogen (secondary N) is 1. The largest absolute Gasteiger partial charge is 0.462 e. The maximum atomic E-state index is 12.1. The van der Waals surface area contributed by atoms with Crippen LogP contribution in [0, 0.1) is 0 Å². The summed E-state index contributed by atoms with van der Waals surface area (Å²) in [4.78, 5) is 28.7. The van der Waals surface area contributed by atoms with Crippen LogP contribution in [0.15, 0.2) is 35.2 Å². The zero-order valence-corrected chi connectivity index (χ0v) is 16.1. The summed E-state index contributed by atoms with van der Waals surface area (Å²) >= 11 is 7.73. The summed E-state index contributed by atoms with van der Waals surface area (Å²) in [6, 6.07) is 3.19. The number of thiophene rings is 1. The topological polar surface area (TPSA) is 107 Å². The average molecular weight is 405 g/mol. The van der Waals surface area contributed by atoms with E-state index in [1.54, 1.807) is 19.1 Å². The molecule has 2 aromatic heterocycles. The number of carbonyl (C=O) groups excluding carboxylic acids is 2. The van der Waals surface area contributed by atoms with Crippen LogP contribution in [-0.4, -0.2) is 29.7 Å². The third-order valence-corrected chi connectivity index (χ3v) is 5.59. The molecule has 3 rings (SSSR count). The number of amides is 1. The minimum Gasteiger partial charge on any atom is -0.462 e. The van der Waals surface area contributed by atoms with Crippen LogP contribution in [0.5, 0.6) is 0 Å². The van der Waals surface area contributed by atoms with Gasteiger partial charge < -0.3 is 10.5 Å². The molecular weight excluding hydrogens is 388 g/mol. The van der Waals surface area contributed by atoms with Crippen LogP contribution in [0.25, 0.3) is 5.03 Å². The normalized spacial score (nSPS) is 13.6. The molecule has 2 heterocycles. The molecule has 0 fully saturated rings. The lowest BCUT2D eigenvalue weighted by Crippen LogP contribution is -2.18. The van der Waals surface area contributed by atoms with Crippen molar-refractivity contribution >= 4 is 51.1 Å². The summed E-state index contributed by atoms with van der Waals surface area (Å²) in [6.45, 7) is 2.02. The highest BCUT2D eigenvalue weighted by molar-refractivity contribution is 7.18. The van der Waals surface area contributed by atoms with Gasteiger partial charge in [-0.15, -0.1) is 11.3 Å². The molecule has 0 saturated heterocycles. The van der Waals surface area contributed by atoms with Crippen LogP contribution in [0.3, 0.4) is 0 Å². The van der Waals surface area contributed by atoms with E-state index in [9.17, 15) is 9.59 Å². The van der Waals surface area contributed by atoms with Crippen LogP contribution in [0.4, 0.5) is 5.00 Å². The number of fused-ring (bicyclic) bond motifs is 1. The predicted octanol–water partition coefficient (Wildman–Crippen LogP) is 3.21. The fourth-order valence-electron chi connectivity index (χ4n) is 2.70. The van der Waals surface area contributed by atoms with Crippen molar-refractivity contribution in [3.05, 3.63) is 51.7 Å². The van der Waals surface area contributed by atoms with Crippen molar-refractivity contribution in [2.45, 2.75) is 19.8 Å². The Bertz CT molecular complexity index is 938. The number of rotatable bonds is 5. The second-order valence-corrected chi connectivity index (χ2v) is 7.07. The van der Waals surface area contributed by atoms with Crippen molar-refractivity contribution in [1.29, 1.82) is 0 Å². The number of esters is 1. The standard InChI is InChI=1S/C18H17ClN4O3S/c1-2-26-18(25)13-12-4-3-11(14(19)15(12)27-16(13)20)9-22-23-17(24)10-5-7-21-8-6-10/h5-9H,2-4,20H2,1H3,(H,23,24)/b22-9-. The fraction of sp³-hybridized carbons (Fsp3) is 0.222. The summed E-state index contributed by atoms with van der Waals surface area (Å²) < 4.78 is 5.08. The Morgan fingerprint density at radius 3 is 2.85 bits per heavy atom. The van der Waals surface area contributed by atoms with E-state index >= 15 is 0 Å². The molecule has 3 N–H and O–H groups in total. The number of hydrazone groups is 1. The van der Waals surface area contributed by atoms with Gasteiger partial charge in [0.1, 0.15) is 5.00 Å². The van der Waals surface area contributed by atoms with E-state index in [1.807, 2.05) is 0 Å². The second-order valence-electron chi connectivity index (χ2n) is 5.64. The molecule has 27 heavy (non-hydrogen) atoms. The summed E-state index contributed by atoms with van der Waals surface area (Å²) in [6.07, 6.45) is 5.74. The Hall–Kier alpha value is -2.71. The molecule has 1 aliphatic rings. The average Bonchev–Trinajstić information content (AvgIpc) is 3.01. The molecule has 0 radical (unpaired) electrons. The molecular formula is C18H17ClN4O3S. The zero-order valence-electron chi connectivity index (χ0n) is 14.5. The molecule has 9 heteroatoms. The van der Waals surface area contributed by atoms with E-state index < -0.39 is 5.97 Å². The number of hydrogen-bond acceptors (Lipinski definition) is 7. The fourth-order valence-corrected chi connectivity index (χ4v) is 4.15. The maximum absolute atomic E-state index is 12.1. The van der Waals surface area contributed by atoms with Gasteiger partial charge in [0.05, 0.1) is 28.3 Å². The third-order valence-electron chi connectivity index (χ3n) is 3.97. The zero-order chi connectivity index (χ0) is 19.4. The Labute approximate surface area is 164 Å². The number of halogens is 1.